The Kier molecular flexibility index (Phi) is 4.25. The predicted octanol–water partition coefficient (Wildman–Crippen LogP) is 3.25. The van der Waals surface area contributed by atoms with Crippen molar-refractivity contribution in [3.8, 4) is 28.7 Å². The number of para-hydroxylation sites is 1. The minimum Gasteiger partial charge on any atom is -0.507 e. The maximum atomic E-state index is 13.1. The molecule has 20 heavy (non-hydrogen) atoms. The number of halogens is 1. The maximum absolute atomic E-state index is 13.1. The summed E-state index contributed by atoms with van der Waals surface area (Å²) < 4.78 is 18.6. The van der Waals surface area contributed by atoms with E-state index in [2.05, 4.69) is 10.2 Å². The van der Waals surface area contributed by atoms with Crippen molar-refractivity contribution in [2.24, 2.45) is 0 Å². The molecule has 4 nitrogen and oxygen atoms in total. The van der Waals surface area contributed by atoms with Crippen molar-refractivity contribution in [2.45, 2.75) is 0 Å². The molecule has 0 aliphatic rings. The molecule has 1 aromatic heterocycles. The molecule has 3 aromatic rings. The first-order valence-electron chi connectivity index (χ1n) is 5.62. The van der Waals surface area contributed by atoms with Crippen LogP contribution in [0.25, 0.3) is 22.9 Å². The Morgan fingerprint density at radius 1 is 0.950 bits per heavy atom. The molecule has 0 atom stereocenters. The Hall–Kier alpha value is -2.07. The summed E-state index contributed by atoms with van der Waals surface area (Å²) in [6.07, 6.45) is 0. The third-order valence-electron chi connectivity index (χ3n) is 2.63. The summed E-state index contributed by atoms with van der Waals surface area (Å²) in [7, 11) is 0. The molecule has 0 spiro atoms. The van der Waals surface area contributed by atoms with E-state index in [0.717, 1.165) is 0 Å². The van der Waals surface area contributed by atoms with Gasteiger partial charge in [-0.3, -0.25) is 0 Å². The number of benzene rings is 2. The van der Waals surface area contributed by atoms with Crippen LogP contribution in [-0.4, -0.2) is 15.3 Å². The Morgan fingerprint density at radius 3 is 2.45 bits per heavy atom. The van der Waals surface area contributed by atoms with Gasteiger partial charge in [0, 0.05) is 25.0 Å². The molecule has 0 saturated heterocycles. The van der Waals surface area contributed by atoms with Gasteiger partial charge in [0.25, 0.3) is 5.89 Å². The summed E-state index contributed by atoms with van der Waals surface area (Å²) in [6.45, 7) is 0. The molecule has 0 radical (unpaired) electrons. The summed E-state index contributed by atoms with van der Waals surface area (Å²) in [5.41, 5.74) is 0.937. The number of phenolic OH excluding ortho intramolecular Hbond substituents is 1. The number of nitrogens with zero attached hydrogens (tertiary/aromatic N) is 2. The van der Waals surface area contributed by atoms with Crippen molar-refractivity contribution in [3.63, 3.8) is 0 Å². The quantitative estimate of drug-likeness (QED) is 0.736. The third-order valence-corrected chi connectivity index (χ3v) is 2.63. The van der Waals surface area contributed by atoms with Crippen LogP contribution in [0.2, 0.25) is 0 Å². The summed E-state index contributed by atoms with van der Waals surface area (Å²) in [5, 5.41) is 17.4. The topological polar surface area (TPSA) is 59.2 Å². The van der Waals surface area contributed by atoms with Gasteiger partial charge in [-0.25, -0.2) is 4.39 Å². The maximum Gasteiger partial charge on any atom is 0.251 e. The van der Waals surface area contributed by atoms with Crippen molar-refractivity contribution < 1.29 is 33.4 Å². The summed E-state index contributed by atoms with van der Waals surface area (Å²) in [5.74, 6) is 0.0758. The fourth-order valence-electron chi connectivity index (χ4n) is 1.72. The number of hydrogen-bond donors (Lipinski definition) is 1. The van der Waals surface area contributed by atoms with E-state index in [9.17, 15) is 9.50 Å². The van der Waals surface area contributed by atoms with Gasteiger partial charge in [-0.2, -0.15) is 0 Å². The monoisotopic (exact) mass is 320 g/mol. The molecular weight excluding hydrogens is 313 g/mol. The number of phenols is 1. The van der Waals surface area contributed by atoms with Crippen molar-refractivity contribution >= 4 is 0 Å². The van der Waals surface area contributed by atoms with E-state index < -0.39 is 0 Å². The first-order chi connectivity index (χ1) is 9.24. The zero-order valence-corrected chi connectivity index (χ0v) is 13.4. The molecule has 96 valence electrons. The summed E-state index contributed by atoms with van der Waals surface area (Å²) >= 11 is 0. The van der Waals surface area contributed by atoms with Crippen molar-refractivity contribution in [1.29, 1.82) is 0 Å². The molecular formula is C14H9FN2O2Zn. The molecule has 0 aliphatic heterocycles. The van der Waals surface area contributed by atoms with Crippen LogP contribution >= 0.6 is 0 Å². The molecule has 1 heterocycles. The fourth-order valence-corrected chi connectivity index (χ4v) is 1.72. The van der Waals surface area contributed by atoms with Gasteiger partial charge in [-0.1, -0.05) is 18.2 Å². The average molecular weight is 322 g/mol. The van der Waals surface area contributed by atoms with E-state index in [1.165, 1.54) is 18.2 Å². The second-order valence-corrected chi connectivity index (χ2v) is 3.94. The van der Waals surface area contributed by atoms with E-state index in [1.807, 2.05) is 0 Å². The first-order valence-corrected chi connectivity index (χ1v) is 5.62. The molecule has 3 rings (SSSR count). The zero-order valence-electron chi connectivity index (χ0n) is 10.5. The van der Waals surface area contributed by atoms with Crippen LogP contribution in [0.15, 0.2) is 52.9 Å². The van der Waals surface area contributed by atoms with Crippen LogP contribution in [0, 0.1) is 5.82 Å². The van der Waals surface area contributed by atoms with Crippen LogP contribution in [0.5, 0.6) is 5.75 Å². The molecule has 0 amide bonds. The van der Waals surface area contributed by atoms with Crippen molar-refractivity contribution in [2.75, 3.05) is 0 Å². The molecule has 0 saturated carbocycles. The molecule has 0 aliphatic carbocycles. The zero-order chi connectivity index (χ0) is 13.2. The molecule has 6 heteroatoms. The average Bonchev–Trinajstić information content (AvgIpc) is 2.89. The molecule has 2 aromatic carbocycles. The van der Waals surface area contributed by atoms with E-state index in [0.29, 0.717) is 11.1 Å². The van der Waals surface area contributed by atoms with E-state index >= 15 is 0 Å². The van der Waals surface area contributed by atoms with E-state index in [1.54, 1.807) is 30.3 Å². The smallest absolute Gasteiger partial charge is 0.251 e. The minimum atomic E-state index is -0.375. The van der Waals surface area contributed by atoms with Gasteiger partial charge < -0.3 is 9.52 Å². The number of aromatic hydroxyl groups is 1. The third kappa shape index (κ3) is 2.75. The summed E-state index contributed by atoms with van der Waals surface area (Å²) in [4.78, 5) is 0. The molecule has 0 bridgehead atoms. The first kappa shape index (κ1) is 14.3. The van der Waals surface area contributed by atoms with E-state index in [4.69, 9.17) is 4.42 Å². The normalized spacial score (nSPS) is 10.1. The molecule has 0 unspecified atom stereocenters. The molecule has 1 N–H and O–H groups in total. The number of aromatic nitrogens is 2. The fraction of sp³-hybridized carbons (Fsp3) is 0. The second-order valence-electron chi connectivity index (χ2n) is 3.94. The van der Waals surface area contributed by atoms with Crippen LogP contribution in [0.3, 0.4) is 0 Å². The van der Waals surface area contributed by atoms with E-state index in [-0.39, 0.29) is 42.8 Å². The number of rotatable bonds is 2. The minimum absolute atomic E-state index is 0. The van der Waals surface area contributed by atoms with Crippen molar-refractivity contribution in [3.05, 3.63) is 54.3 Å². The van der Waals surface area contributed by atoms with Gasteiger partial charge in [-0.05, 0) is 30.3 Å². The predicted molar refractivity (Wildman–Crippen MR) is 66.8 cm³/mol. The van der Waals surface area contributed by atoms with Crippen molar-refractivity contribution in [1.82, 2.24) is 10.2 Å². The van der Waals surface area contributed by atoms with Gasteiger partial charge in [-0.15, -0.1) is 10.2 Å². The number of hydrogen-bond acceptors (Lipinski definition) is 4. The second kappa shape index (κ2) is 5.93. The van der Waals surface area contributed by atoms with Crippen LogP contribution in [0.4, 0.5) is 4.39 Å². The van der Waals surface area contributed by atoms with Crippen LogP contribution in [-0.2, 0) is 19.5 Å². The van der Waals surface area contributed by atoms with Gasteiger partial charge >= 0.3 is 0 Å². The largest absolute Gasteiger partial charge is 0.507 e. The van der Waals surface area contributed by atoms with Gasteiger partial charge in [0.1, 0.15) is 11.6 Å². The Morgan fingerprint density at radius 2 is 1.70 bits per heavy atom. The molecule has 0 fully saturated rings. The van der Waals surface area contributed by atoms with Gasteiger partial charge in [0.15, 0.2) is 0 Å². The Labute approximate surface area is 127 Å². The Balaban J connectivity index is 0.00000147. The van der Waals surface area contributed by atoms with Gasteiger partial charge in [0.2, 0.25) is 5.89 Å². The summed E-state index contributed by atoms with van der Waals surface area (Å²) in [6, 6.07) is 12.5. The SMILES string of the molecule is Oc1ccccc1-c1nnc(-c2cccc(F)c2)o1.[Zn]. The van der Waals surface area contributed by atoms with Crippen LogP contribution < -0.4 is 0 Å². The standard InChI is InChI=1S/C14H9FN2O2.Zn/c15-10-5-3-4-9(8-10)13-16-17-14(19-13)11-6-1-2-7-12(11)18;/h1-8,18H;. The Bertz CT molecular complexity index is 730. The van der Waals surface area contributed by atoms with Crippen LogP contribution in [0.1, 0.15) is 0 Å². The van der Waals surface area contributed by atoms with Gasteiger partial charge in [0.05, 0.1) is 5.56 Å².